The zero-order valence-electron chi connectivity index (χ0n) is 16.6. The van der Waals surface area contributed by atoms with Crippen LogP contribution in [-0.4, -0.2) is 42.9 Å². The molecule has 0 radical (unpaired) electrons. The molecule has 0 aromatic heterocycles. The van der Waals surface area contributed by atoms with Gasteiger partial charge in [-0.1, -0.05) is 17.7 Å². The molecule has 4 rings (SSSR count). The fourth-order valence-electron chi connectivity index (χ4n) is 3.61. The van der Waals surface area contributed by atoms with Crippen LogP contribution in [0.25, 0.3) is 0 Å². The maximum Gasteiger partial charge on any atom is 0.269 e. The van der Waals surface area contributed by atoms with Gasteiger partial charge in [0, 0.05) is 23.5 Å². The molecule has 0 bridgehead atoms. The number of aryl methyl sites for hydroxylation is 1. The lowest BCUT2D eigenvalue weighted by molar-refractivity contribution is -0.121. The second kappa shape index (κ2) is 8.41. The molecule has 2 N–H and O–H groups in total. The van der Waals surface area contributed by atoms with Gasteiger partial charge >= 0.3 is 0 Å². The predicted octanol–water partition coefficient (Wildman–Crippen LogP) is 2.26. The van der Waals surface area contributed by atoms with E-state index in [1.807, 2.05) is 19.1 Å². The van der Waals surface area contributed by atoms with E-state index in [1.165, 1.54) is 40.3 Å². The molecule has 2 aliphatic heterocycles. The minimum atomic E-state index is -3.52. The van der Waals surface area contributed by atoms with Crippen LogP contribution in [0, 0.1) is 6.92 Å². The molecule has 1 saturated heterocycles. The number of hydrogen-bond acceptors (Lipinski definition) is 5. The van der Waals surface area contributed by atoms with Gasteiger partial charge in [0.25, 0.3) is 11.8 Å². The second-order valence-electron chi connectivity index (χ2n) is 7.50. The highest BCUT2D eigenvalue weighted by atomic mass is 32.2. The van der Waals surface area contributed by atoms with Crippen molar-refractivity contribution in [1.29, 1.82) is 0 Å². The number of nitrogens with one attached hydrogen (secondary N) is 2. The van der Waals surface area contributed by atoms with E-state index < -0.39 is 15.9 Å². The molecule has 0 saturated carbocycles. The molecule has 0 aliphatic carbocycles. The molecule has 158 valence electrons. The van der Waals surface area contributed by atoms with Crippen LogP contribution in [0.5, 0.6) is 0 Å². The molecule has 0 spiro atoms. The van der Waals surface area contributed by atoms with Crippen LogP contribution in [0.3, 0.4) is 0 Å². The van der Waals surface area contributed by atoms with Crippen LogP contribution in [0.2, 0.25) is 0 Å². The second-order valence-corrected chi connectivity index (χ2v) is 10.7. The highest BCUT2D eigenvalue weighted by Crippen LogP contribution is 2.37. The van der Waals surface area contributed by atoms with E-state index in [4.69, 9.17) is 0 Å². The summed E-state index contributed by atoms with van der Waals surface area (Å²) >= 11 is 1.49. The van der Waals surface area contributed by atoms with Crippen LogP contribution in [0.15, 0.2) is 52.3 Å². The Hall–Kier alpha value is -2.36. The average molecular weight is 446 g/mol. The molecule has 2 amide bonds. The van der Waals surface area contributed by atoms with Gasteiger partial charge in [-0.2, -0.15) is 4.31 Å². The lowest BCUT2D eigenvalue weighted by atomic mass is 10.1. The van der Waals surface area contributed by atoms with Crippen LogP contribution < -0.4 is 10.9 Å². The monoisotopic (exact) mass is 445 g/mol. The Labute approximate surface area is 180 Å². The van der Waals surface area contributed by atoms with Crippen molar-refractivity contribution in [1.82, 2.24) is 15.2 Å². The molecule has 2 aliphatic rings. The molecule has 2 aromatic carbocycles. The summed E-state index contributed by atoms with van der Waals surface area (Å²) in [5, 5.41) is -0.296. The van der Waals surface area contributed by atoms with Crippen molar-refractivity contribution in [2.45, 2.75) is 41.2 Å². The molecular weight excluding hydrogens is 422 g/mol. The Bertz CT molecular complexity index is 1080. The first kappa shape index (κ1) is 20.9. The van der Waals surface area contributed by atoms with Crippen molar-refractivity contribution in [3.63, 3.8) is 0 Å². The van der Waals surface area contributed by atoms with Crippen LogP contribution in [0.4, 0.5) is 0 Å². The fraction of sp³-hybridized carbons (Fsp3) is 0.333. The molecule has 1 fully saturated rings. The highest BCUT2D eigenvalue weighted by molar-refractivity contribution is 8.01. The number of hydrogen-bond donors (Lipinski definition) is 2. The number of rotatable bonds is 4. The van der Waals surface area contributed by atoms with Gasteiger partial charge in [0.1, 0.15) is 0 Å². The summed E-state index contributed by atoms with van der Waals surface area (Å²) < 4.78 is 26.6. The Balaban J connectivity index is 1.34. The molecule has 30 heavy (non-hydrogen) atoms. The summed E-state index contributed by atoms with van der Waals surface area (Å²) in [6.45, 7) is 3.06. The lowest BCUT2D eigenvalue weighted by Gasteiger charge is -2.15. The number of hydrazine groups is 1. The third kappa shape index (κ3) is 4.23. The minimum Gasteiger partial charge on any atom is -0.272 e. The summed E-state index contributed by atoms with van der Waals surface area (Å²) in [6.07, 6.45) is 2.35. The van der Waals surface area contributed by atoms with Gasteiger partial charge in [0.05, 0.1) is 10.1 Å². The van der Waals surface area contributed by atoms with Crippen molar-refractivity contribution in [3.8, 4) is 0 Å². The standard InChI is InChI=1S/C21H23N3O4S2/c1-14-4-5-16-13-19(29-18(16)12-14)21(26)23-22-20(25)15-6-8-17(9-7-15)30(27,28)24-10-2-3-11-24/h4-9,12,19H,2-3,10-11,13H2,1H3,(H,22,25)(H,23,26)/t19-/m1/s1. The van der Waals surface area contributed by atoms with Gasteiger partial charge < -0.3 is 0 Å². The highest BCUT2D eigenvalue weighted by Gasteiger charge is 2.29. The van der Waals surface area contributed by atoms with Crippen molar-refractivity contribution in [2.75, 3.05) is 13.1 Å². The summed E-state index contributed by atoms with van der Waals surface area (Å²) in [6, 6.07) is 11.9. The normalized spacial score (nSPS) is 18.8. The van der Waals surface area contributed by atoms with Crippen LogP contribution in [-0.2, 0) is 21.2 Å². The predicted molar refractivity (Wildman–Crippen MR) is 115 cm³/mol. The average Bonchev–Trinajstić information content (AvgIpc) is 3.42. The van der Waals surface area contributed by atoms with Crippen LogP contribution >= 0.6 is 11.8 Å². The van der Waals surface area contributed by atoms with E-state index in [-0.39, 0.29) is 21.6 Å². The summed E-state index contributed by atoms with van der Waals surface area (Å²) in [7, 11) is -3.52. The zero-order valence-corrected chi connectivity index (χ0v) is 18.2. The molecule has 2 aromatic rings. The maximum atomic E-state index is 12.6. The first-order valence-corrected chi connectivity index (χ1v) is 12.1. The van der Waals surface area contributed by atoms with Gasteiger partial charge in [-0.15, -0.1) is 11.8 Å². The minimum absolute atomic E-state index is 0.167. The Morgan fingerprint density at radius 1 is 1.03 bits per heavy atom. The van der Waals surface area contributed by atoms with E-state index in [0.29, 0.717) is 19.5 Å². The number of carbonyl (C=O) groups is 2. The van der Waals surface area contributed by atoms with Crippen molar-refractivity contribution in [2.24, 2.45) is 0 Å². The zero-order chi connectivity index (χ0) is 21.3. The number of thioether (sulfide) groups is 1. The van der Waals surface area contributed by atoms with Crippen LogP contribution in [0.1, 0.15) is 34.3 Å². The maximum absolute atomic E-state index is 12.6. The van der Waals surface area contributed by atoms with Gasteiger partial charge in [0.2, 0.25) is 10.0 Å². The largest absolute Gasteiger partial charge is 0.272 e. The third-order valence-electron chi connectivity index (χ3n) is 5.31. The van der Waals surface area contributed by atoms with E-state index in [9.17, 15) is 18.0 Å². The number of sulfonamides is 1. The summed E-state index contributed by atoms with van der Waals surface area (Å²) in [5.41, 5.74) is 7.44. The number of nitrogens with zero attached hydrogens (tertiary/aromatic N) is 1. The Morgan fingerprint density at radius 2 is 1.73 bits per heavy atom. The number of amides is 2. The SMILES string of the molecule is Cc1ccc2c(c1)S[C@@H](C(=O)NNC(=O)c1ccc(S(=O)(=O)N3CCCC3)cc1)C2. The van der Waals surface area contributed by atoms with Crippen molar-refractivity contribution < 1.29 is 18.0 Å². The molecule has 9 heteroatoms. The Morgan fingerprint density at radius 3 is 2.43 bits per heavy atom. The molecule has 7 nitrogen and oxygen atoms in total. The van der Waals surface area contributed by atoms with E-state index >= 15 is 0 Å². The van der Waals surface area contributed by atoms with Crippen molar-refractivity contribution >= 4 is 33.6 Å². The van der Waals surface area contributed by atoms with E-state index in [1.54, 1.807) is 0 Å². The van der Waals surface area contributed by atoms with Gasteiger partial charge in [-0.05, 0) is 62.1 Å². The van der Waals surface area contributed by atoms with Crippen molar-refractivity contribution in [3.05, 3.63) is 59.2 Å². The topological polar surface area (TPSA) is 95.6 Å². The number of fused-ring (bicyclic) bond motifs is 1. The third-order valence-corrected chi connectivity index (χ3v) is 8.52. The first-order chi connectivity index (χ1) is 14.3. The molecule has 2 heterocycles. The smallest absolute Gasteiger partial charge is 0.269 e. The summed E-state index contributed by atoms with van der Waals surface area (Å²) in [4.78, 5) is 26.0. The fourth-order valence-corrected chi connectivity index (χ4v) is 6.42. The molecule has 0 unspecified atom stereocenters. The first-order valence-electron chi connectivity index (χ1n) is 9.81. The molecular formula is C21H23N3O4S2. The summed E-state index contributed by atoms with van der Waals surface area (Å²) in [5.74, 6) is -0.764. The van der Waals surface area contributed by atoms with Gasteiger partial charge in [-0.25, -0.2) is 8.42 Å². The number of benzene rings is 2. The van der Waals surface area contributed by atoms with E-state index in [0.717, 1.165) is 28.9 Å². The lowest BCUT2D eigenvalue weighted by Crippen LogP contribution is -2.45. The quantitative estimate of drug-likeness (QED) is 0.704. The van der Waals surface area contributed by atoms with Gasteiger partial charge in [-0.3, -0.25) is 20.4 Å². The molecule has 1 atom stereocenters. The van der Waals surface area contributed by atoms with E-state index in [2.05, 4.69) is 16.9 Å². The Kier molecular flexibility index (Phi) is 5.86. The number of carbonyl (C=O) groups excluding carboxylic acids is 2. The van der Waals surface area contributed by atoms with Gasteiger partial charge in [0.15, 0.2) is 0 Å².